The second-order valence-corrected chi connectivity index (χ2v) is 4.18. The molecule has 0 aliphatic heterocycles. The van der Waals surface area contributed by atoms with Crippen LogP contribution in [-0.2, 0) is 23.9 Å². The van der Waals surface area contributed by atoms with Crippen molar-refractivity contribution in [2.24, 2.45) is 0 Å². The van der Waals surface area contributed by atoms with Crippen molar-refractivity contribution in [1.29, 1.82) is 0 Å². The van der Waals surface area contributed by atoms with Crippen LogP contribution in [0.25, 0.3) is 0 Å². The Labute approximate surface area is 121 Å². The van der Waals surface area contributed by atoms with Gasteiger partial charge in [0.15, 0.2) is 6.10 Å². The van der Waals surface area contributed by atoms with Crippen LogP contribution in [0.3, 0.4) is 0 Å². The molecule has 2 atom stereocenters. The molecule has 0 saturated carbocycles. The van der Waals surface area contributed by atoms with E-state index < -0.39 is 30.0 Å². The summed E-state index contributed by atoms with van der Waals surface area (Å²) in [6.45, 7) is 0. The van der Waals surface area contributed by atoms with Gasteiger partial charge in [-0.3, -0.25) is 9.59 Å². The number of amides is 1. The number of rotatable bonds is 6. The molecule has 7 nitrogen and oxygen atoms in total. The summed E-state index contributed by atoms with van der Waals surface area (Å²) in [6, 6.07) is 6.99. The van der Waals surface area contributed by atoms with Gasteiger partial charge in [-0.2, -0.15) is 0 Å². The molecule has 1 aromatic rings. The molecule has 0 unspecified atom stereocenters. The molecule has 2 N–H and O–H groups in total. The first-order valence-electron chi connectivity index (χ1n) is 6.17. The van der Waals surface area contributed by atoms with Gasteiger partial charge in [0.05, 0.1) is 20.6 Å². The number of hydrogen-bond donors (Lipinski definition) is 2. The lowest BCUT2D eigenvalue weighted by Gasteiger charge is -2.18. The minimum atomic E-state index is -1.45. The summed E-state index contributed by atoms with van der Waals surface area (Å²) in [5, 5.41) is 12.2. The Morgan fingerprint density at radius 3 is 2.29 bits per heavy atom. The van der Waals surface area contributed by atoms with E-state index in [0.717, 1.165) is 14.2 Å². The Hall–Kier alpha value is -2.41. The fraction of sp³-hybridized carbons (Fsp3) is 0.357. The quantitative estimate of drug-likeness (QED) is 0.713. The first-order chi connectivity index (χ1) is 9.99. The Kier molecular flexibility index (Phi) is 6.35. The Morgan fingerprint density at radius 2 is 1.76 bits per heavy atom. The van der Waals surface area contributed by atoms with Crippen LogP contribution >= 0.6 is 0 Å². The van der Waals surface area contributed by atoms with Crippen molar-refractivity contribution in [2.45, 2.75) is 18.6 Å². The summed E-state index contributed by atoms with van der Waals surface area (Å²) in [5.41, 5.74) is 0.372. The van der Waals surface area contributed by atoms with Crippen LogP contribution in [0.5, 0.6) is 0 Å². The van der Waals surface area contributed by atoms with E-state index in [1.54, 1.807) is 30.3 Å². The van der Waals surface area contributed by atoms with E-state index in [-0.39, 0.29) is 6.42 Å². The van der Waals surface area contributed by atoms with Gasteiger partial charge in [0.1, 0.15) is 6.04 Å². The third-order valence-electron chi connectivity index (χ3n) is 2.76. The minimum absolute atomic E-state index is 0.372. The average Bonchev–Trinajstić information content (AvgIpc) is 2.53. The van der Waals surface area contributed by atoms with Crippen LogP contribution in [0.15, 0.2) is 30.3 Å². The van der Waals surface area contributed by atoms with Crippen molar-refractivity contribution in [3.8, 4) is 0 Å². The van der Waals surface area contributed by atoms with Crippen molar-refractivity contribution >= 4 is 17.8 Å². The second-order valence-electron chi connectivity index (χ2n) is 4.18. The van der Waals surface area contributed by atoms with Crippen molar-refractivity contribution in [2.75, 3.05) is 14.2 Å². The summed E-state index contributed by atoms with van der Waals surface area (Å²) in [6.07, 6.45) is -1.83. The molecule has 114 valence electrons. The summed E-state index contributed by atoms with van der Waals surface area (Å²) in [5.74, 6) is -2.28. The molecular formula is C14H17NO6. The minimum Gasteiger partial charge on any atom is -0.469 e. The molecule has 0 aliphatic rings. The lowest BCUT2D eigenvalue weighted by Crippen LogP contribution is -2.45. The molecule has 21 heavy (non-hydrogen) atoms. The maximum absolute atomic E-state index is 11.9. The molecule has 0 saturated heterocycles. The predicted molar refractivity (Wildman–Crippen MR) is 72.0 cm³/mol. The predicted octanol–water partition coefficient (Wildman–Crippen LogP) is -0.0591. The Bertz CT molecular complexity index is 501. The van der Waals surface area contributed by atoms with Crippen LogP contribution in [0.1, 0.15) is 18.1 Å². The number of carbonyl (C=O) groups is 3. The van der Waals surface area contributed by atoms with Gasteiger partial charge < -0.3 is 19.9 Å². The first kappa shape index (κ1) is 16.6. The van der Waals surface area contributed by atoms with Gasteiger partial charge in [0.2, 0.25) is 0 Å². The highest BCUT2D eigenvalue weighted by molar-refractivity contribution is 5.90. The third-order valence-corrected chi connectivity index (χ3v) is 2.76. The van der Waals surface area contributed by atoms with Crippen molar-refractivity contribution in [3.05, 3.63) is 35.9 Å². The molecule has 1 rings (SSSR count). The van der Waals surface area contributed by atoms with E-state index in [0.29, 0.717) is 5.56 Å². The molecule has 0 bridgehead atoms. The van der Waals surface area contributed by atoms with E-state index in [2.05, 4.69) is 14.8 Å². The van der Waals surface area contributed by atoms with E-state index in [9.17, 15) is 19.5 Å². The highest BCUT2D eigenvalue weighted by Crippen LogP contribution is 2.12. The van der Waals surface area contributed by atoms with E-state index in [1.807, 2.05) is 0 Å². The van der Waals surface area contributed by atoms with Gasteiger partial charge in [-0.1, -0.05) is 30.3 Å². The maximum Gasteiger partial charge on any atom is 0.328 e. The highest BCUT2D eigenvalue weighted by Gasteiger charge is 2.28. The molecule has 0 aromatic heterocycles. The monoisotopic (exact) mass is 295 g/mol. The number of esters is 2. The average molecular weight is 295 g/mol. The van der Waals surface area contributed by atoms with Gasteiger partial charge in [-0.15, -0.1) is 0 Å². The van der Waals surface area contributed by atoms with Crippen molar-refractivity contribution < 1.29 is 29.0 Å². The van der Waals surface area contributed by atoms with Gasteiger partial charge in [-0.05, 0) is 5.56 Å². The number of methoxy groups -OCH3 is 2. The third kappa shape index (κ3) is 4.88. The summed E-state index contributed by atoms with van der Waals surface area (Å²) >= 11 is 0. The molecule has 0 radical (unpaired) electrons. The molecule has 0 heterocycles. The van der Waals surface area contributed by atoms with E-state index in [1.165, 1.54) is 0 Å². The number of nitrogens with one attached hydrogen (secondary N) is 1. The van der Waals surface area contributed by atoms with Crippen LogP contribution < -0.4 is 5.32 Å². The fourth-order valence-electron chi connectivity index (χ4n) is 1.62. The van der Waals surface area contributed by atoms with Crippen LogP contribution in [0.4, 0.5) is 0 Å². The van der Waals surface area contributed by atoms with E-state index in [4.69, 9.17) is 0 Å². The van der Waals surface area contributed by atoms with Crippen LogP contribution in [0.2, 0.25) is 0 Å². The van der Waals surface area contributed by atoms with Crippen LogP contribution in [0, 0.1) is 0 Å². The summed E-state index contributed by atoms with van der Waals surface area (Å²) in [4.78, 5) is 34.7. The van der Waals surface area contributed by atoms with Gasteiger partial charge in [0, 0.05) is 0 Å². The summed E-state index contributed by atoms with van der Waals surface area (Å²) < 4.78 is 8.94. The number of ether oxygens (including phenoxy) is 2. The topological polar surface area (TPSA) is 102 Å². The zero-order valence-electron chi connectivity index (χ0n) is 11.7. The zero-order chi connectivity index (χ0) is 15.8. The maximum atomic E-state index is 11.9. The molecule has 0 aliphatic carbocycles. The smallest absolute Gasteiger partial charge is 0.328 e. The Morgan fingerprint density at radius 1 is 1.14 bits per heavy atom. The SMILES string of the molecule is COC(=O)C[C@H](NC(=O)[C@@H](O)c1ccccc1)C(=O)OC. The first-order valence-corrected chi connectivity index (χ1v) is 6.17. The molecule has 1 aromatic carbocycles. The number of hydrogen-bond acceptors (Lipinski definition) is 6. The standard InChI is InChI=1S/C14H17NO6/c1-20-11(16)8-10(14(19)21-2)15-13(18)12(17)9-6-4-3-5-7-9/h3-7,10,12,17H,8H2,1-2H3,(H,15,18)/t10-,12-/m0/s1. The number of aliphatic hydroxyl groups is 1. The molecule has 0 fully saturated rings. The molecule has 7 heteroatoms. The molecule has 1 amide bonds. The lowest BCUT2D eigenvalue weighted by atomic mass is 10.1. The van der Waals surface area contributed by atoms with Gasteiger partial charge in [0.25, 0.3) is 5.91 Å². The van der Waals surface area contributed by atoms with E-state index >= 15 is 0 Å². The van der Waals surface area contributed by atoms with Gasteiger partial charge >= 0.3 is 11.9 Å². The number of carbonyl (C=O) groups excluding carboxylic acids is 3. The van der Waals surface area contributed by atoms with Gasteiger partial charge in [-0.25, -0.2) is 4.79 Å². The second kappa shape index (κ2) is 8.01. The number of aliphatic hydroxyl groups excluding tert-OH is 1. The van der Waals surface area contributed by atoms with Crippen molar-refractivity contribution in [1.82, 2.24) is 5.32 Å². The molecular weight excluding hydrogens is 278 g/mol. The zero-order valence-corrected chi connectivity index (χ0v) is 11.7. The van der Waals surface area contributed by atoms with Crippen molar-refractivity contribution in [3.63, 3.8) is 0 Å². The molecule has 0 spiro atoms. The van der Waals surface area contributed by atoms with Crippen LogP contribution in [-0.4, -0.2) is 43.2 Å². The normalized spacial score (nSPS) is 12.9. The summed E-state index contributed by atoms with van der Waals surface area (Å²) in [7, 11) is 2.30. The highest BCUT2D eigenvalue weighted by atomic mass is 16.5. The largest absolute Gasteiger partial charge is 0.469 e. The fourth-order valence-corrected chi connectivity index (χ4v) is 1.62. The Balaban J connectivity index is 2.75. The number of benzene rings is 1. The lowest BCUT2D eigenvalue weighted by molar-refractivity contribution is -0.151.